The average molecular weight is 239 g/mol. The van der Waals surface area contributed by atoms with Gasteiger partial charge in [-0.3, -0.25) is 10.1 Å². The van der Waals surface area contributed by atoms with Gasteiger partial charge in [0.2, 0.25) is 0 Å². The molecule has 5 nitrogen and oxygen atoms in total. The van der Waals surface area contributed by atoms with Crippen molar-refractivity contribution in [2.45, 2.75) is 6.04 Å². The van der Waals surface area contributed by atoms with Crippen LogP contribution in [0.5, 0.6) is 0 Å². The van der Waals surface area contributed by atoms with Crippen molar-refractivity contribution < 1.29 is 0 Å². The summed E-state index contributed by atoms with van der Waals surface area (Å²) in [6.45, 7) is 0. The molecule has 3 aromatic rings. The van der Waals surface area contributed by atoms with Gasteiger partial charge in [-0.25, -0.2) is 4.98 Å². The van der Waals surface area contributed by atoms with Crippen LogP contribution in [-0.2, 0) is 0 Å². The first-order valence-electron chi connectivity index (χ1n) is 5.76. The van der Waals surface area contributed by atoms with Crippen molar-refractivity contribution >= 4 is 10.9 Å². The number of hydrogen-bond acceptors (Lipinski definition) is 4. The first kappa shape index (κ1) is 10.9. The summed E-state index contributed by atoms with van der Waals surface area (Å²) in [7, 11) is 1.91. The molecule has 0 aliphatic carbocycles. The van der Waals surface area contributed by atoms with E-state index < -0.39 is 0 Å². The summed E-state index contributed by atoms with van der Waals surface area (Å²) in [5.74, 6) is 0.800. The van der Waals surface area contributed by atoms with Gasteiger partial charge in [0.05, 0.1) is 11.6 Å². The number of nitrogens with zero attached hydrogens (tertiary/aromatic N) is 3. The van der Waals surface area contributed by atoms with Crippen LogP contribution in [0.25, 0.3) is 10.9 Å². The van der Waals surface area contributed by atoms with Gasteiger partial charge in [-0.2, -0.15) is 5.10 Å². The van der Waals surface area contributed by atoms with Gasteiger partial charge in [0.1, 0.15) is 12.2 Å². The van der Waals surface area contributed by atoms with Gasteiger partial charge in [0.15, 0.2) is 0 Å². The standard InChI is InChI=1S/C13H13N5/c1-14-12(13-16-8-17-18-13)10-4-2-6-11-9(10)5-3-7-15-11/h2-8,12,14H,1H3,(H,16,17,18). The minimum absolute atomic E-state index is 0.0135. The quantitative estimate of drug-likeness (QED) is 0.729. The minimum atomic E-state index is -0.0135. The molecule has 90 valence electrons. The van der Waals surface area contributed by atoms with Gasteiger partial charge in [-0.05, 0) is 24.7 Å². The Hall–Kier alpha value is -2.27. The van der Waals surface area contributed by atoms with E-state index in [-0.39, 0.29) is 6.04 Å². The van der Waals surface area contributed by atoms with Crippen molar-refractivity contribution in [3.05, 3.63) is 54.2 Å². The Morgan fingerprint density at radius 2 is 2.11 bits per heavy atom. The van der Waals surface area contributed by atoms with Crippen LogP contribution >= 0.6 is 0 Å². The fourth-order valence-electron chi connectivity index (χ4n) is 2.17. The lowest BCUT2D eigenvalue weighted by molar-refractivity contribution is 0.654. The lowest BCUT2D eigenvalue weighted by atomic mass is 10.0. The van der Waals surface area contributed by atoms with Crippen LogP contribution in [0, 0.1) is 0 Å². The molecule has 0 radical (unpaired) electrons. The Kier molecular flexibility index (Phi) is 2.74. The van der Waals surface area contributed by atoms with Crippen LogP contribution < -0.4 is 5.32 Å². The first-order chi connectivity index (χ1) is 8.90. The van der Waals surface area contributed by atoms with Gasteiger partial charge in [-0.1, -0.05) is 18.2 Å². The maximum absolute atomic E-state index is 4.37. The molecule has 2 heterocycles. The number of fused-ring (bicyclic) bond motifs is 1. The normalized spacial score (nSPS) is 12.7. The second kappa shape index (κ2) is 4.54. The lowest BCUT2D eigenvalue weighted by Crippen LogP contribution is -2.19. The second-order valence-corrected chi connectivity index (χ2v) is 4.01. The third-order valence-electron chi connectivity index (χ3n) is 2.99. The molecule has 1 atom stereocenters. The van der Waals surface area contributed by atoms with Gasteiger partial charge in [0.25, 0.3) is 0 Å². The molecule has 1 aromatic carbocycles. The van der Waals surface area contributed by atoms with Crippen molar-refractivity contribution in [3.63, 3.8) is 0 Å². The molecule has 2 aromatic heterocycles. The molecule has 3 rings (SSSR count). The number of pyridine rings is 1. The number of H-pyrrole nitrogens is 1. The van der Waals surface area contributed by atoms with Crippen molar-refractivity contribution in [2.24, 2.45) is 0 Å². The zero-order chi connectivity index (χ0) is 12.4. The van der Waals surface area contributed by atoms with Crippen LogP contribution in [0.3, 0.4) is 0 Å². The minimum Gasteiger partial charge on any atom is -0.307 e. The molecule has 0 saturated heterocycles. The third kappa shape index (κ3) is 1.74. The van der Waals surface area contributed by atoms with Crippen LogP contribution in [0.15, 0.2) is 42.9 Å². The van der Waals surface area contributed by atoms with E-state index in [2.05, 4.69) is 37.6 Å². The Balaban J connectivity index is 2.18. The van der Waals surface area contributed by atoms with Crippen molar-refractivity contribution in [1.82, 2.24) is 25.5 Å². The maximum atomic E-state index is 4.37. The summed E-state index contributed by atoms with van der Waals surface area (Å²) in [5, 5.41) is 11.2. The Labute approximate surface area is 104 Å². The van der Waals surface area contributed by atoms with E-state index in [1.807, 2.05) is 25.2 Å². The van der Waals surface area contributed by atoms with Crippen molar-refractivity contribution in [3.8, 4) is 0 Å². The van der Waals surface area contributed by atoms with E-state index in [1.54, 1.807) is 6.20 Å². The maximum Gasteiger partial charge on any atom is 0.145 e. The zero-order valence-electron chi connectivity index (χ0n) is 9.96. The fraction of sp³-hybridized carbons (Fsp3) is 0.154. The average Bonchev–Trinajstić information content (AvgIpc) is 2.94. The molecule has 0 fully saturated rings. The SMILES string of the molecule is CNC(c1ncn[nH]1)c1cccc2ncccc12. The molecule has 1 unspecified atom stereocenters. The van der Waals surface area contributed by atoms with E-state index in [4.69, 9.17) is 0 Å². The Morgan fingerprint density at radius 1 is 1.17 bits per heavy atom. The number of hydrogen-bond donors (Lipinski definition) is 2. The largest absolute Gasteiger partial charge is 0.307 e. The van der Waals surface area contributed by atoms with E-state index >= 15 is 0 Å². The molecule has 0 bridgehead atoms. The van der Waals surface area contributed by atoms with Gasteiger partial charge in [0, 0.05) is 11.6 Å². The van der Waals surface area contributed by atoms with Crippen LogP contribution in [0.1, 0.15) is 17.4 Å². The summed E-state index contributed by atoms with van der Waals surface area (Å²) in [4.78, 5) is 8.59. The summed E-state index contributed by atoms with van der Waals surface area (Å²) in [5.41, 5.74) is 2.12. The smallest absolute Gasteiger partial charge is 0.145 e. The molecule has 0 amide bonds. The number of rotatable bonds is 3. The third-order valence-corrected chi connectivity index (χ3v) is 2.99. The van der Waals surface area contributed by atoms with E-state index in [9.17, 15) is 0 Å². The lowest BCUT2D eigenvalue weighted by Gasteiger charge is -2.15. The molecule has 0 spiro atoms. The first-order valence-corrected chi connectivity index (χ1v) is 5.76. The van der Waals surface area contributed by atoms with E-state index in [1.165, 1.54) is 6.33 Å². The molecule has 0 aliphatic heterocycles. The summed E-state index contributed by atoms with van der Waals surface area (Å²) in [6, 6.07) is 10.1. The predicted octanol–water partition coefficient (Wildman–Crippen LogP) is 1.66. The molecule has 5 heteroatoms. The van der Waals surface area contributed by atoms with E-state index in [0.29, 0.717) is 0 Å². The van der Waals surface area contributed by atoms with Crippen molar-refractivity contribution in [2.75, 3.05) is 7.05 Å². The van der Waals surface area contributed by atoms with Crippen LogP contribution in [0.2, 0.25) is 0 Å². The zero-order valence-corrected chi connectivity index (χ0v) is 9.96. The number of benzene rings is 1. The monoisotopic (exact) mass is 239 g/mol. The highest BCUT2D eigenvalue weighted by Gasteiger charge is 2.17. The highest BCUT2D eigenvalue weighted by molar-refractivity contribution is 5.82. The molecule has 18 heavy (non-hydrogen) atoms. The summed E-state index contributed by atoms with van der Waals surface area (Å²) in [6.07, 6.45) is 3.32. The predicted molar refractivity (Wildman–Crippen MR) is 69.0 cm³/mol. The van der Waals surface area contributed by atoms with Crippen LogP contribution in [0.4, 0.5) is 0 Å². The second-order valence-electron chi connectivity index (χ2n) is 4.01. The number of nitrogens with one attached hydrogen (secondary N) is 2. The summed E-state index contributed by atoms with van der Waals surface area (Å²) >= 11 is 0. The summed E-state index contributed by atoms with van der Waals surface area (Å²) < 4.78 is 0. The van der Waals surface area contributed by atoms with Gasteiger partial charge < -0.3 is 5.32 Å². The molecule has 0 saturated carbocycles. The van der Waals surface area contributed by atoms with E-state index in [0.717, 1.165) is 22.3 Å². The van der Waals surface area contributed by atoms with Crippen LogP contribution in [-0.4, -0.2) is 27.2 Å². The molecular weight excluding hydrogens is 226 g/mol. The number of aromatic nitrogens is 4. The highest BCUT2D eigenvalue weighted by Crippen LogP contribution is 2.25. The fourth-order valence-corrected chi connectivity index (χ4v) is 2.17. The highest BCUT2D eigenvalue weighted by atomic mass is 15.2. The topological polar surface area (TPSA) is 66.5 Å². The molecule has 2 N–H and O–H groups in total. The van der Waals surface area contributed by atoms with Gasteiger partial charge >= 0.3 is 0 Å². The molecule has 0 aliphatic rings. The van der Waals surface area contributed by atoms with Gasteiger partial charge in [-0.15, -0.1) is 0 Å². The number of aromatic amines is 1. The Bertz CT molecular complexity index is 642. The molecular formula is C13H13N5. The van der Waals surface area contributed by atoms with Crippen molar-refractivity contribution in [1.29, 1.82) is 0 Å². The Morgan fingerprint density at radius 3 is 2.89 bits per heavy atom.